The number of imidazole rings is 1. The maximum atomic E-state index is 12.6. The van der Waals surface area contributed by atoms with Crippen LogP contribution >= 0.6 is 0 Å². The van der Waals surface area contributed by atoms with Crippen LogP contribution in [0.4, 0.5) is 4.39 Å². The number of ketones is 1. The Kier molecular flexibility index (Phi) is 15.2. The minimum atomic E-state index is -0.278. The minimum absolute atomic E-state index is 0. The van der Waals surface area contributed by atoms with E-state index >= 15 is 0 Å². The number of nitrogens with zero attached hydrogens (tertiary/aromatic N) is 3. The maximum Gasteiger partial charge on any atom is 0.155 e. The molecule has 1 radical (unpaired) electrons. The Hall–Kier alpha value is -7.25. The fourth-order valence-electron chi connectivity index (χ4n) is 8.14. The molecule has 67 heavy (non-hydrogen) atoms. The van der Waals surface area contributed by atoms with Crippen molar-refractivity contribution in [1.29, 1.82) is 0 Å². The van der Waals surface area contributed by atoms with E-state index in [4.69, 9.17) is 14.5 Å². The number of hydrogen-bond donors (Lipinski definition) is 1. The van der Waals surface area contributed by atoms with Crippen LogP contribution in [0.15, 0.2) is 186 Å². The molecule has 8 heteroatoms. The van der Waals surface area contributed by atoms with Gasteiger partial charge >= 0.3 is 0 Å². The van der Waals surface area contributed by atoms with Gasteiger partial charge in [-0.2, -0.15) is 0 Å². The summed E-state index contributed by atoms with van der Waals surface area (Å²) in [6.07, 6.45) is 2.87. The van der Waals surface area contributed by atoms with Gasteiger partial charge in [-0.05, 0) is 101 Å². The van der Waals surface area contributed by atoms with Crippen LogP contribution < -0.4 is 0 Å². The molecule has 0 spiro atoms. The number of aliphatic hydroxyl groups excluding tert-OH is 1. The van der Waals surface area contributed by atoms with E-state index < -0.39 is 0 Å². The molecule has 6 nitrogen and oxygen atoms in total. The summed E-state index contributed by atoms with van der Waals surface area (Å²) in [6.45, 7) is 12.0. The van der Waals surface area contributed by atoms with Crippen molar-refractivity contribution >= 4 is 38.8 Å². The second-order valence-corrected chi connectivity index (χ2v) is 16.7. The Morgan fingerprint density at radius 1 is 0.701 bits per heavy atom. The van der Waals surface area contributed by atoms with E-state index in [-0.39, 0.29) is 49.3 Å². The molecule has 0 aliphatic carbocycles. The molecule has 1 N–H and O–H groups in total. The van der Waals surface area contributed by atoms with E-state index in [2.05, 4.69) is 165 Å². The van der Waals surface area contributed by atoms with Gasteiger partial charge in [-0.1, -0.05) is 136 Å². The van der Waals surface area contributed by atoms with Crippen molar-refractivity contribution in [3.63, 3.8) is 0 Å². The van der Waals surface area contributed by atoms with Gasteiger partial charge in [0, 0.05) is 49.3 Å². The number of hydrogen-bond acceptors (Lipinski definition) is 5. The molecule has 3 aromatic heterocycles. The van der Waals surface area contributed by atoms with Crippen molar-refractivity contribution in [3.8, 4) is 50.6 Å². The SMILES string of the molecule is CC(=O)/C=C(/C)O.CC(C)c1cc(-c2ccccc2)cc(C(C)C)c1-n1c(-c2[c-]ccc3c2oc2cc(-c4ccccc4)ccc23)nc2ccccc21.Fc1c[c-]c(-c2ccccn2)cc1.[Ir]. The number of halogens is 1. The van der Waals surface area contributed by atoms with Gasteiger partial charge in [0.2, 0.25) is 0 Å². The number of furan rings is 1. The standard InChI is InChI=1S/C43H35N2O.C11H7FN.C5H8O2.Ir/c1-27(2)36-24-32(30-16-9-6-10-17-30)25-37(28(3)4)41(36)45-39-21-12-11-20-38(39)44-43(45)35-19-13-18-34-33-23-22-31(26-40(33)46-42(34)35)29-14-7-5-8-15-29;12-10-6-4-9(5-7-10)11-3-1-2-8-13-11;1-4(6)3-5(2)7;/h5-18,20-28H,1-4H3;1-4,6-8H;3,6H,1-2H3;/q2*-1;;/b;;4-3-;. The molecule has 0 amide bonds. The van der Waals surface area contributed by atoms with Crippen LogP contribution in [0, 0.1) is 17.9 Å². The Labute approximate surface area is 404 Å². The molecule has 337 valence electrons. The number of benzene rings is 7. The van der Waals surface area contributed by atoms with Gasteiger partial charge in [0.15, 0.2) is 5.78 Å². The summed E-state index contributed by atoms with van der Waals surface area (Å²) in [5.41, 5.74) is 14.7. The zero-order chi connectivity index (χ0) is 46.3. The van der Waals surface area contributed by atoms with Crippen molar-refractivity contribution in [3.05, 3.63) is 211 Å². The van der Waals surface area contributed by atoms with Gasteiger partial charge in [-0.15, -0.1) is 48.0 Å². The summed E-state index contributed by atoms with van der Waals surface area (Å²) in [5.74, 6) is 1.07. The van der Waals surface area contributed by atoms with Gasteiger partial charge in [-0.25, -0.2) is 0 Å². The molecule has 0 fully saturated rings. The molecule has 0 saturated carbocycles. The maximum absolute atomic E-state index is 12.6. The van der Waals surface area contributed by atoms with Crippen molar-refractivity contribution in [1.82, 2.24) is 14.5 Å². The van der Waals surface area contributed by atoms with E-state index in [0.717, 1.165) is 61.2 Å². The molecule has 7 aromatic carbocycles. The topological polar surface area (TPSA) is 81.1 Å². The molecule has 0 bridgehead atoms. The molecule has 0 unspecified atom stereocenters. The molecular formula is C59H50FIrN3O3-2. The second-order valence-electron chi connectivity index (χ2n) is 16.7. The van der Waals surface area contributed by atoms with Crippen LogP contribution in [-0.2, 0) is 24.9 Å². The Balaban J connectivity index is 0.000000263. The van der Waals surface area contributed by atoms with Crippen LogP contribution in [0.1, 0.15) is 64.5 Å². The van der Waals surface area contributed by atoms with Gasteiger partial charge in [0.1, 0.15) is 5.58 Å². The van der Waals surface area contributed by atoms with Crippen LogP contribution in [-0.4, -0.2) is 25.4 Å². The zero-order valence-corrected chi connectivity index (χ0v) is 40.6. The second kappa shape index (κ2) is 21.4. The number of para-hydroxylation sites is 2. The number of pyridine rings is 1. The van der Waals surface area contributed by atoms with E-state index in [1.54, 1.807) is 12.3 Å². The third-order valence-electron chi connectivity index (χ3n) is 11.2. The Morgan fingerprint density at radius 3 is 1.93 bits per heavy atom. The van der Waals surface area contributed by atoms with Crippen LogP contribution in [0.3, 0.4) is 0 Å². The van der Waals surface area contributed by atoms with Crippen LogP contribution in [0.25, 0.3) is 83.6 Å². The first-order chi connectivity index (χ1) is 32.0. The first-order valence-corrected chi connectivity index (χ1v) is 22.1. The predicted octanol–water partition coefficient (Wildman–Crippen LogP) is 15.7. The molecule has 0 aliphatic heterocycles. The number of aliphatic hydroxyl groups is 1. The number of rotatable bonds is 8. The van der Waals surface area contributed by atoms with E-state index in [1.165, 1.54) is 65.6 Å². The molecule has 10 aromatic rings. The number of fused-ring (bicyclic) bond motifs is 4. The third-order valence-corrected chi connectivity index (χ3v) is 11.2. The average molecular weight is 1060 g/mol. The summed E-state index contributed by atoms with van der Waals surface area (Å²) in [7, 11) is 0. The summed E-state index contributed by atoms with van der Waals surface area (Å²) >= 11 is 0. The first kappa shape index (κ1) is 47.7. The summed E-state index contributed by atoms with van der Waals surface area (Å²) in [4.78, 5) is 19.4. The molecule has 0 atom stereocenters. The van der Waals surface area contributed by atoms with Crippen molar-refractivity contribution < 1.29 is 38.8 Å². The smallest absolute Gasteiger partial charge is 0.155 e. The number of aromatic nitrogens is 3. The number of allylic oxidation sites excluding steroid dienone is 2. The van der Waals surface area contributed by atoms with Gasteiger partial charge in [0.05, 0.1) is 28.2 Å². The molecule has 3 heterocycles. The van der Waals surface area contributed by atoms with Gasteiger partial charge in [-0.3, -0.25) is 14.2 Å². The fourth-order valence-corrected chi connectivity index (χ4v) is 8.14. The Bertz CT molecular complexity index is 3270. The van der Waals surface area contributed by atoms with Crippen LogP contribution in [0.2, 0.25) is 0 Å². The molecule has 0 aliphatic rings. The summed E-state index contributed by atoms with van der Waals surface area (Å²) in [6, 6.07) is 61.3. The zero-order valence-electron chi connectivity index (χ0n) is 38.2. The van der Waals surface area contributed by atoms with E-state index in [0.29, 0.717) is 0 Å². The molecule has 10 rings (SSSR count). The predicted molar refractivity (Wildman–Crippen MR) is 267 cm³/mol. The fraction of sp³-hybridized carbons (Fsp3) is 0.136. The normalized spacial score (nSPS) is 11.3. The largest absolute Gasteiger partial charge is 0.512 e. The van der Waals surface area contributed by atoms with Crippen molar-refractivity contribution in [2.45, 2.75) is 53.4 Å². The molecular weight excluding hydrogens is 1010 g/mol. The number of carbonyl (C=O) groups is 1. The molecule has 0 saturated heterocycles. The average Bonchev–Trinajstić information content (AvgIpc) is 3.90. The van der Waals surface area contributed by atoms with Crippen molar-refractivity contribution in [2.75, 3.05) is 0 Å². The Morgan fingerprint density at radius 2 is 1.34 bits per heavy atom. The third kappa shape index (κ3) is 10.7. The minimum Gasteiger partial charge on any atom is -0.512 e. The van der Waals surface area contributed by atoms with Crippen molar-refractivity contribution in [2.24, 2.45) is 0 Å². The summed E-state index contributed by atoms with van der Waals surface area (Å²) < 4.78 is 21.6. The van der Waals surface area contributed by atoms with E-state index in [9.17, 15) is 9.18 Å². The van der Waals surface area contributed by atoms with Gasteiger partial charge < -0.3 is 19.1 Å². The number of carbonyl (C=O) groups excluding carboxylic acids is 1. The quantitative estimate of drug-likeness (QED) is 0.0931. The van der Waals surface area contributed by atoms with Gasteiger partial charge in [0.25, 0.3) is 0 Å². The summed E-state index contributed by atoms with van der Waals surface area (Å²) in [5, 5.41) is 10.5. The van der Waals surface area contributed by atoms with E-state index in [1.807, 2.05) is 30.3 Å². The first-order valence-electron chi connectivity index (χ1n) is 22.1. The monoisotopic (exact) mass is 1060 g/mol. The van der Waals surface area contributed by atoms with Crippen LogP contribution in [0.5, 0.6) is 0 Å².